The molecule has 0 heterocycles. The van der Waals surface area contributed by atoms with Gasteiger partial charge in [0.1, 0.15) is 0 Å². The number of fused-ring (bicyclic) bond motifs is 2. The maximum absolute atomic E-state index is 10.7. The van der Waals surface area contributed by atoms with E-state index in [4.69, 9.17) is 0 Å². The minimum Gasteiger partial charge on any atom is -0.309 e. The number of rotatable bonds is 4. The highest BCUT2D eigenvalue weighted by atomic mass is 16.6. The van der Waals surface area contributed by atoms with Crippen molar-refractivity contribution in [3.8, 4) is 0 Å². The zero-order chi connectivity index (χ0) is 15.3. The van der Waals surface area contributed by atoms with Crippen LogP contribution in [0.3, 0.4) is 0 Å². The first-order valence-electron chi connectivity index (χ1n) is 7.80. The van der Waals surface area contributed by atoms with Gasteiger partial charge in [-0.25, -0.2) is 0 Å². The second-order valence-corrected chi connectivity index (χ2v) is 7.65. The molecule has 1 unspecified atom stereocenters. The molecule has 0 aromatic heterocycles. The van der Waals surface area contributed by atoms with Gasteiger partial charge in [-0.05, 0) is 41.6 Å². The van der Waals surface area contributed by atoms with E-state index >= 15 is 0 Å². The lowest BCUT2D eigenvalue weighted by atomic mass is 9.68. The van der Waals surface area contributed by atoms with Crippen LogP contribution in [0.2, 0.25) is 0 Å². The molecule has 0 aliphatic heterocycles. The second kappa shape index (κ2) is 4.80. The van der Waals surface area contributed by atoms with Crippen molar-refractivity contribution >= 4 is 5.69 Å². The van der Waals surface area contributed by atoms with Gasteiger partial charge in [0.05, 0.1) is 4.92 Å². The highest BCUT2D eigenvalue weighted by Crippen LogP contribution is 2.62. The number of hydrogen-bond donors (Lipinski definition) is 1. The third-order valence-electron chi connectivity index (χ3n) is 5.93. The van der Waals surface area contributed by atoms with E-state index in [1.807, 2.05) is 12.1 Å². The molecule has 4 nitrogen and oxygen atoms in total. The average Bonchev–Trinajstić information content (AvgIpc) is 2.90. The Morgan fingerprint density at radius 1 is 1.29 bits per heavy atom. The molecule has 21 heavy (non-hydrogen) atoms. The number of non-ortho nitro benzene ring substituents is 1. The van der Waals surface area contributed by atoms with E-state index in [1.54, 1.807) is 12.1 Å². The molecule has 2 aliphatic rings. The normalized spacial score (nSPS) is 33.3. The summed E-state index contributed by atoms with van der Waals surface area (Å²) in [6, 6.07) is 7.41. The third-order valence-corrected chi connectivity index (χ3v) is 5.93. The van der Waals surface area contributed by atoms with Crippen molar-refractivity contribution in [1.82, 2.24) is 5.32 Å². The van der Waals surface area contributed by atoms with Crippen LogP contribution < -0.4 is 5.32 Å². The smallest absolute Gasteiger partial charge is 0.269 e. The molecule has 2 bridgehead atoms. The van der Waals surface area contributed by atoms with Crippen LogP contribution in [0.1, 0.15) is 45.6 Å². The van der Waals surface area contributed by atoms with E-state index in [9.17, 15) is 10.1 Å². The summed E-state index contributed by atoms with van der Waals surface area (Å²) in [5.74, 6) is 0.830. The van der Waals surface area contributed by atoms with Crippen LogP contribution >= 0.6 is 0 Å². The fourth-order valence-corrected chi connectivity index (χ4v) is 4.77. The average molecular weight is 288 g/mol. The molecule has 0 saturated heterocycles. The first-order valence-corrected chi connectivity index (χ1v) is 7.80. The number of hydrogen-bond acceptors (Lipinski definition) is 3. The van der Waals surface area contributed by atoms with Crippen LogP contribution in [-0.2, 0) is 6.54 Å². The van der Waals surface area contributed by atoms with E-state index in [0.29, 0.717) is 16.9 Å². The lowest BCUT2D eigenvalue weighted by Gasteiger charge is -2.43. The van der Waals surface area contributed by atoms with E-state index in [-0.39, 0.29) is 10.6 Å². The molecule has 1 aromatic rings. The van der Waals surface area contributed by atoms with Crippen LogP contribution in [0.25, 0.3) is 0 Å². The van der Waals surface area contributed by atoms with Crippen molar-refractivity contribution in [2.45, 2.75) is 52.6 Å². The molecule has 2 fully saturated rings. The Morgan fingerprint density at radius 2 is 1.95 bits per heavy atom. The predicted molar refractivity (Wildman–Crippen MR) is 83.0 cm³/mol. The van der Waals surface area contributed by atoms with E-state index in [2.05, 4.69) is 26.1 Å². The van der Waals surface area contributed by atoms with Gasteiger partial charge < -0.3 is 5.32 Å². The highest BCUT2D eigenvalue weighted by Gasteiger charge is 2.58. The molecule has 2 saturated carbocycles. The van der Waals surface area contributed by atoms with E-state index < -0.39 is 0 Å². The second-order valence-electron chi connectivity index (χ2n) is 7.65. The molecule has 0 amide bonds. The van der Waals surface area contributed by atoms with Crippen molar-refractivity contribution in [2.75, 3.05) is 0 Å². The van der Waals surface area contributed by atoms with Crippen molar-refractivity contribution in [1.29, 1.82) is 0 Å². The first-order chi connectivity index (χ1) is 9.83. The molecule has 114 valence electrons. The maximum Gasteiger partial charge on any atom is 0.269 e. The Labute approximate surface area is 126 Å². The Morgan fingerprint density at radius 3 is 2.48 bits per heavy atom. The Kier molecular flexibility index (Phi) is 3.32. The molecule has 1 N–H and O–H groups in total. The summed E-state index contributed by atoms with van der Waals surface area (Å²) >= 11 is 0. The number of nitrogens with one attached hydrogen (secondary N) is 1. The minimum absolute atomic E-state index is 0.158. The largest absolute Gasteiger partial charge is 0.309 e. The van der Waals surface area contributed by atoms with Gasteiger partial charge in [-0.1, -0.05) is 32.9 Å². The molecule has 3 atom stereocenters. The summed E-state index contributed by atoms with van der Waals surface area (Å²) in [5, 5.41) is 14.4. The minimum atomic E-state index is -0.350. The standard InChI is InChI=1S/C17H24N2O2/c1-16(2)13-8-9-17(3,10-13)15(16)18-11-12-4-6-14(7-5-12)19(20)21/h4-7,13,15,18H,8-11H2,1-3H3/t13-,15?,17+/m0/s1. The predicted octanol–water partition coefficient (Wildman–Crippen LogP) is 3.90. The summed E-state index contributed by atoms with van der Waals surface area (Å²) in [7, 11) is 0. The number of benzene rings is 1. The number of nitrogens with zero attached hydrogens (tertiary/aromatic N) is 1. The van der Waals surface area contributed by atoms with Crippen LogP contribution in [0, 0.1) is 26.9 Å². The highest BCUT2D eigenvalue weighted by molar-refractivity contribution is 5.32. The monoisotopic (exact) mass is 288 g/mol. The summed E-state index contributed by atoms with van der Waals surface area (Å²) in [6.45, 7) is 7.97. The number of nitro benzene ring substituents is 1. The van der Waals surface area contributed by atoms with Gasteiger partial charge in [-0.2, -0.15) is 0 Å². The molecule has 0 radical (unpaired) electrons. The van der Waals surface area contributed by atoms with Gasteiger partial charge in [0, 0.05) is 24.7 Å². The SMILES string of the molecule is CC1(C)C(NCc2ccc([N+](=O)[O-])cc2)[C@]2(C)CC[C@H]1C2. The van der Waals surface area contributed by atoms with Crippen LogP contribution in [0.15, 0.2) is 24.3 Å². The van der Waals surface area contributed by atoms with Gasteiger partial charge in [-0.3, -0.25) is 10.1 Å². The lowest BCUT2D eigenvalue weighted by Crippen LogP contribution is -2.49. The van der Waals surface area contributed by atoms with Gasteiger partial charge >= 0.3 is 0 Å². The van der Waals surface area contributed by atoms with Crippen molar-refractivity contribution in [2.24, 2.45) is 16.7 Å². The van der Waals surface area contributed by atoms with Gasteiger partial charge in [0.25, 0.3) is 5.69 Å². The van der Waals surface area contributed by atoms with E-state index in [0.717, 1.165) is 18.0 Å². The van der Waals surface area contributed by atoms with Crippen LogP contribution in [0.4, 0.5) is 5.69 Å². The molecule has 2 aliphatic carbocycles. The number of nitro groups is 1. The van der Waals surface area contributed by atoms with Gasteiger partial charge in [0.2, 0.25) is 0 Å². The van der Waals surface area contributed by atoms with Crippen molar-refractivity contribution in [3.63, 3.8) is 0 Å². The maximum atomic E-state index is 10.7. The molecule has 4 heteroatoms. The summed E-state index contributed by atoms with van der Waals surface area (Å²) in [6.07, 6.45) is 4.01. The fourth-order valence-electron chi connectivity index (χ4n) is 4.77. The van der Waals surface area contributed by atoms with Crippen molar-refractivity contribution in [3.05, 3.63) is 39.9 Å². The van der Waals surface area contributed by atoms with Gasteiger partial charge in [0.15, 0.2) is 0 Å². The zero-order valence-electron chi connectivity index (χ0n) is 13.1. The molecule has 3 rings (SSSR count). The lowest BCUT2D eigenvalue weighted by molar-refractivity contribution is -0.384. The Bertz CT molecular complexity index is 548. The third kappa shape index (κ3) is 2.35. The van der Waals surface area contributed by atoms with E-state index in [1.165, 1.54) is 19.3 Å². The quantitative estimate of drug-likeness (QED) is 0.675. The van der Waals surface area contributed by atoms with Gasteiger partial charge in [-0.15, -0.1) is 0 Å². The molecular weight excluding hydrogens is 264 g/mol. The van der Waals surface area contributed by atoms with Crippen molar-refractivity contribution < 1.29 is 4.92 Å². The van der Waals surface area contributed by atoms with Crippen LogP contribution in [-0.4, -0.2) is 11.0 Å². The fraction of sp³-hybridized carbons (Fsp3) is 0.647. The summed E-state index contributed by atoms with van der Waals surface area (Å²) < 4.78 is 0. The topological polar surface area (TPSA) is 55.2 Å². The molecular formula is C17H24N2O2. The summed E-state index contributed by atoms with van der Waals surface area (Å²) in [4.78, 5) is 10.3. The molecule has 1 aromatic carbocycles. The van der Waals surface area contributed by atoms with Crippen LogP contribution in [0.5, 0.6) is 0 Å². The Hall–Kier alpha value is -1.42. The zero-order valence-corrected chi connectivity index (χ0v) is 13.1. The molecule has 0 spiro atoms. The summed E-state index contributed by atoms with van der Waals surface area (Å²) in [5.41, 5.74) is 2.02. The first kappa shape index (κ1) is 14.5. The Balaban J connectivity index is 1.69.